The maximum Gasteiger partial charge on any atom is 0.0561 e. The molecule has 2 aliphatic rings. The predicted molar refractivity (Wildman–Crippen MR) is 39.6 cm³/mol. The number of thioether (sulfide) groups is 1. The van der Waals surface area contributed by atoms with Crippen LogP contribution in [-0.4, -0.2) is 21.7 Å². The molecule has 0 aromatic heterocycles. The fourth-order valence-corrected chi connectivity index (χ4v) is 3.59. The van der Waals surface area contributed by atoms with Gasteiger partial charge in [-0.3, -0.25) is 0 Å². The second kappa shape index (κ2) is 2.17. The predicted octanol–water partition coefficient (Wildman–Crippen LogP) is 1.41. The van der Waals surface area contributed by atoms with E-state index in [1.807, 2.05) is 0 Å². The van der Waals surface area contributed by atoms with Gasteiger partial charge in [0.05, 0.1) is 6.10 Å². The van der Waals surface area contributed by atoms with Gasteiger partial charge >= 0.3 is 0 Å². The molecule has 0 aromatic carbocycles. The highest BCUT2D eigenvalue weighted by Gasteiger charge is 2.33. The Balaban J connectivity index is 2.03. The first-order chi connectivity index (χ1) is 4.34. The molecular formula is C7H12OS. The quantitative estimate of drug-likeness (QED) is 0.554. The van der Waals surface area contributed by atoms with Crippen LogP contribution >= 0.6 is 11.8 Å². The van der Waals surface area contributed by atoms with Gasteiger partial charge in [0.15, 0.2) is 0 Å². The summed E-state index contributed by atoms with van der Waals surface area (Å²) in [4.78, 5) is 0. The Morgan fingerprint density at radius 3 is 2.22 bits per heavy atom. The van der Waals surface area contributed by atoms with E-state index in [2.05, 4.69) is 11.8 Å². The highest BCUT2D eigenvalue weighted by molar-refractivity contribution is 8.00. The average molecular weight is 144 g/mol. The zero-order chi connectivity index (χ0) is 6.27. The van der Waals surface area contributed by atoms with Crippen LogP contribution < -0.4 is 0 Å². The number of hydrogen-bond acceptors (Lipinski definition) is 2. The summed E-state index contributed by atoms with van der Waals surface area (Å²) in [6.07, 6.45) is 4.85. The smallest absolute Gasteiger partial charge is 0.0561 e. The van der Waals surface area contributed by atoms with Gasteiger partial charge < -0.3 is 5.11 Å². The van der Waals surface area contributed by atoms with Crippen LogP contribution in [0.1, 0.15) is 25.7 Å². The topological polar surface area (TPSA) is 20.2 Å². The van der Waals surface area contributed by atoms with Crippen molar-refractivity contribution in [3.63, 3.8) is 0 Å². The largest absolute Gasteiger partial charge is 0.393 e. The van der Waals surface area contributed by atoms with Gasteiger partial charge in [0.25, 0.3) is 0 Å². The Morgan fingerprint density at radius 1 is 1.11 bits per heavy atom. The number of aliphatic hydroxyl groups is 1. The van der Waals surface area contributed by atoms with E-state index in [9.17, 15) is 5.11 Å². The second-order valence-electron chi connectivity index (χ2n) is 3.08. The number of rotatable bonds is 0. The van der Waals surface area contributed by atoms with E-state index < -0.39 is 0 Å². The molecule has 9 heavy (non-hydrogen) atoms. The lowest BCUT2D eigenvalue weighted by molar-refractivity contribution is 0.156. The number of hydrogen-bond donors (Lipinski definition) is 1. The number of aliphatic hydroxyl groups excluding tert-OH is 1. The van der Waals surface area contributed by atoms with Gasteiger partial charge in [0, 0.05) is 10.5 Å². The maximum atomic E-state index is 9.28. The van der Waals surface area contributed by atoms with E-state index in [0.717, 1.165) is 23.3 Å². The van der Waals surface area contributed by atoms with Crippen molar-refractivity contribution < 1.29 is 5.11 Å². The third-order valence-corrected chi connectivity index (χ3v) is 3.89. The standard InChI is InChI=1S/C7H12OS/c8-5-3-6-1-2-7(4-5)9-6/h5-8H,1-4H2/t5?,6-,7+. The van der Waals surface area contributed by atoms with Crippen molar-refractivity contribution in [1.82, 2.24) is 0 Å². The highest BCUT2D eigenvalue weighted by atomic mass is 32.2. The lowest BCUT2D eigenvalue weighted by atomic mass is 10.1. The Morgan fingerprint density at radius 2 is 1.67 bits per heavy atom. The SMILES string of the molecule is OC1C[C@H]2CC[C@@H](C1)S2. The summed E-state index contributed by atoms with van der Waals surface area (Å²) < 4.78 is 0. The van der Waals surface area contributed by atoms with E-state index >= 15 is 0 Å². The lowest BCUT2D eigenvalue weighted by Crippen LogP contribution is -2.20. The van der Waals surface area contributed by atoms with E-state index in [1.165, 1.54) is 12.8 Å². The van der Waals surface area contributed by atoms with Crippen molar-refractivity contribution in [3.8, 4) is 0 Å². The van der Waals surface area contributed by atoms with Crippen LogP contribution in [-0.2, 0) is 0 Å². The first-order valence-electron chi connectivity index (χ1n) is 3.68. The van der Waals surface area contributed by atoms with Crippen molar-refractivity contribution in [3.05, 3.63) is 0 Å². The molecule has 2 rings (SSSR count). The summed E-state index contributed by atoms with van der Waals surface area (Å²) in [7, 11) is 0. The zero-order valence-corrected chi connectivity index (χ0v) is 6.23. The van der Waals surface area contributed by atoms with Gasteiger partial charge in [0.2, 0.25) is 0 Å². The summed E-state index contributed by atoms with van der Waals surface area (Å²) in [5, 5.41) is 10.9. The molecule has 1 N–H and O–H groups in total. The molecule has 0 spiro atoms. The summed E-state index contributed by atoms with van der Waals surface area (Å²) in [6, 6.07) is 0. The highest BCUT2D eigenvalue weighted by Crippen LogP contribution is 2.43. The average Bonchev–Trinajstić information content (AvgIpc) is 2.11. The van der Waals surface area contributed by atoms with Crippen molar-refractivity contribution in [2.75, 3.05) is 0 Å². The van der Waals surface area contributed by atoms with E-state index in [0.29, 0.717) is 0 Å². The Labute approximate surface area is 59.8 Å². The van der Waals surface area contributed by atoms with Gasteiger partial charge in [0.1, 0.15) is 0 Å². The molecule has 2 heterocycles. The summed E-state index contributed by atoms with van der Waals surface area (Å²) >= 11 is 2.10. The Hall–Kier alpha value is 0.310. The number of fused-ring (bicyclic) bond motifs is 2. The molecule has 2 saturated heterocycles. The third-order valence-electron chi connectivity index (χ3n) is 2.27. The van der Waals surface area contributed by atoms with Crippen molar-refractivity contribution in [2.24, 2.45) is 0 Å². The fourth-order valence-electron chi connectivity index (χ4n) is 1.83. The zero-order valence-electron chi connectivity index (χ0n) is 5.42. The minimum absolute atomic E-state index is 0.0312. The molecule has 1 unspecified atom stereocenters. The third kappa shape index (κ3) is 1.10. The normalized spacial score (nSPS) is 49.7. The van der Waals surface area contributed by atoms with Crippen LogP contribution in [0.4, 0.5) is 0 Å². The first kappa shape index (κ1) is 6.05. The minimum atomic E-state index is 0.0312. The van der Waals surface area contributed by atoms with Crippen LogP contribution in [0.15, 0.2) is 0 Å². The first-order valence-corrected chi connectivity index (χ1v) is 4.62. The van der Waals surface area contributed by atoms with Gasteiger partial charge in [-0.15, -0.1) is 0 Å². The molecule has 0 aliphatic carbocycles. The summed E-state index contributed by atoms with van der Waals surface area (Å²) in [5.74, 6) is 0. The molecule has 2 heteroatoms. The molecule has 1 nitrogen and oxygen atoms in total. The second-order valence-corrected chi connectivity index (χ2v) is 4.69. The van der Waals surface area contributed by atoms with Crippen molar-refractivity contribution in [1.29, 1.82) is 0 Å². The molecule has 0 radical (unpaired) electrons. The fraction of sp³-hybridized carbons (Fsp3) is 1.00. The van der Waals surface area contributed by atoms with Crippen molar-refractivity contribution in [2.45, 2.75) is 42.3 Å². The molecule has 2 aliphatic heterocycles. The molecule has 0 amide bonds. The molecular weight excluding hydrogens is 132 g/mol. The molecule has 52 valence electrons. The van der Waals surface area contributed by atoms with E-state index in [1.54, 1.807) is 0 Å². The van der Waals surface area contributed by atoms with Crippen LogP contribution in [0.3, 0.4) is 0 Å². The molecule has 2 fully saturated rings. The van der Waals surface area contributed by atoms with Crippen LogP contribution in [0, 0.1) is 0 Å². The molecule has 3 atom stereocenters. The monoisotopic (exact) mass is 144 g/mol. The van der Waals surface area contributed by atoms with Crippen LogP contribution in [0.2, 0.25) is 0 Å². The molecule has 0 aromatic rings. The van der Waals surface area contributed by atoms with Gasteiger partial charge in [-0.2, -0.15) is 11.8 Å². The maximum absolute atomic E-state index is 9.28. The lowest BCUT2D eigenvalue weighted by Gasteiger charge is -2.22. The van der Waals surface area contributed by atoms with Gasteiger partial charge in [-0.05, 0) is 25.7 Å². The Bertz CT molecular complexity index is 103. The van der Waals surface area contributed by atoms with E-state index in [-0.39, 0.29) is 6.10 Å². The van der Waals surface area contributed by atoms with Gasteiger partial charge in [-0.1, -0.05) is 0 Å². The van der Waals surface area contributed by atoms with Crippen LogP contribution in [0.25, 0.3) is 0 Å². The van der Waals surface area contributed by atoms with Crippen molar-refractivity contribution >= 4 is 11.8 Å². The summed E-state index contributed by atoms with van der Waals surface area (Å²) in [6.45, 7) is 0. The molecule has 2 bridgehead atoms. The van der Waals surface area contributed by atoms with E-state index in [4.69, 9.17) is 0 Å². The van der Waals surface area contributed by atoms with Crippen LogP contribution in [0.5, 0.6) is 0 Å². The summed E-state index contributed by atoms with van der Waals surface area (Å²) in [5.41, 5.74) is 0. The molecule has 0 saturated carbocycles. The minimum Gasteiger partial charge on any atom is -0.393 e. The Kier molecular flexibility index (Phi) is 1.46. The van der Waals surface area contributed by atoms with Gasteiger partial charge in [-0.25, -0.2) is 0 Å².